The Balaban J connectivity index is 2.55. The molecule has 0 aliphatic carbocycles. The number of benzene rings is 1. The first-order chi connectivity index (χ1) is 8.35. The Morgan fingerprint density at radius 2 is 1.83 bits per heavy atom. The van der Waals surface area contributed by atoms with Crippen molar-refractivity contribution < 1.29 is 9.59 Å². The molecule has 1 heterocycles. The molecule has 1 aromatic rings. The fraction of sp³-hybridized carbons (Fsp3) is 0.429. The van der Waals surface area contributed by atoms with Gasteiger partial charge in [-0.2, -0.15) is 0 Å². The minimum Gasteiger partial charge on any atom is -0.347 e. The Morgan fingerprint density at radius 1 is 1.22 bits per heavy atom. The summed E-state index contributed by atoms with van der Waals surface area (Å²) in [5.41, 5.74) is 1.42. The lowest BCUT2D eigenvalue weighted by atomic mass is 9.92. The van der Waals surface area contributed by atoms with Gasteiger partial charge < -0.3 is 10.2 Å². The zero-order chi connectivity index (χ0) is 13.5. The SMILES string of the molecule is CC(=O)NC1c2ccccc2N(C(C)=O)C1(C)C. The van der Waals surface area contributed by atoms with Gasteiger partial charge in [0.1, 0.15) is 0 Å². The second kappa shape index (κ2) is 4.12. The van der Waals surface area contributed by atoms with Crippen molar-refractivity contribution in [2.24, 2.45) is 0 Å². The molecule has 1 aliphatic heterocycles. The second-order valence-corrected chi connectivity index (χ2v) is 5.20. The van der Waals surface area contributed by atoms with Crippen LogP contribution in [0.25, 0.3) is 0 Å². The molecule has 0 saturated carbocycles. The van der Waals surface area contributed by atoms with Gasteiger partial charge in [0.2, 0.25) is 11.8 Å². The van der Waals surface area contributed by atoms with E-state index in [-0.39, 0.29) is 17.9 Å². The first-order valence-electron chi connectivity index (χ1n) is 6.02. The topological polar surface area (TPSA) is 49.4 Å². The molecular weight excluding hydrogens is 228 g/mol. The molecule has 0 bridgehead atoms. The zero-order valence-corrected chi connectivity index (χ0v) is 11.2. The van der Waals surface area contributed by atoms with Gasteiger partial charge >= 0.3 is 0 Å². The number of hydrogen-bond donors (Lipinski definition) is 1. The summed E-state index contributed by atoms with van der Waals surface area (Å²) in [5.74, 6) is -0.103. The molecule has 0 saturated heterocycles. The highest BCUT2D eigenvalue weighted by atomic mass is 16.2. The van der Waals surface area contributed by atoms with Gasteiger partial charge in [-0.05, 0) is 19.9 Å². The number of anilines is 1. The van der Waals surface area contributed by atoms with Gasteiger partial charge in [0, 0.05) is 25.1 Å². The molecule has 1 aliphatic rings. The zero-order valence-electron chi connectivity index (χ0n) is 11.2. The standard InChI is InChI=1S/C14H18N2O2/c1-9(17)15-13-11-7-5-6-8-12(11)16(10(2)18)14(13,3)4/h5-8,13H,1-4H3,(H,15,17). The number of rotatable bonds is 1. The maximum atomic E-state index is 11.9. The minimum absolute atomic E-state index is 0.0136. The van der Waals surface area contributed by atoms with Gasteiger partial charge in [0.05, 0.1) is 11.6 Å². The van der Waals surface area contributed by atoms with Crippen LogP contribution in [0, 0.1) is 0 Å². The first kappa shape index (κ1) is 12.6. The van der Waals surface area contributed by atoms with Crippen LogP contribution in [0.5, 0.6) is 0 Å². The summed E-state index contributed by atoms with van der Waals surface area (Å²) in [6.45, 7) is 6.98. The molecule has 0 fully saturated rings. The number of carbonyl (C=O) groups excluding carboxylic acids is 2. The maximum Gasteiger partial charge on any atom is 0.224 e. The molecule has 0 spiro atoms. The number of carbonyl (C=O) groups is 2. The summed E-state index contributed by atoms with van der Waals surface area (Å²) < 4.78 is 0. The third-order valence-electron chi connectivity index (χ3n) is 3.43. The van der Waals surface area contributed by atoms with E-state index in [1.54, 1.807) is 11.8 Å². The lowest BCUT2D eigenvalue weighted by Crippen LogP contribution is -2.50. The maximum absolute atomic E-state index is 11.9. The van der Waals surface area contributed by atoms with E-state index in [4.69, 9.17) is 0 Å². The fourth-order valence-electron chi connectivity index (χ4n) is 2.79. The van der Waals surface area contributed by atoms with Crippen molar-refractivity contribution in [1.82, 2.24) is 5.32 Å². The van der Waals surface area contributed by atoms with E-state index in [1.807, 2.05) is 38.1 Å². The van der Waals surface area contributed by atoms with Crippen LogP contribution < -0.4 is 10.2 Å². The summed E-state index contributed by atoms with van der Waals surface area (Å²) >= 11 is 0. The smallest absolute Gasteiger partial charge is 0.224 e. The van der Waals surface area contributed by atoms with Crippen LogP contribution in [-0.4, -0.2) is 17.4 Å². The summed E-state index contributed by atoms with van der Waals surface area (Å²) in [6.07, 6.45) is 0. The molecule has 0 radical (unpaired) electrons. The number of nitrogens with zero attached hydrogens (tertiary/aromatic N) is 1. The van der Waals surface area contributed by atoms with Crippen molar-refractivity contribution in [2.45, 2.75) is 39.3 Å². The summed E-state index contributed by atoms with van der Waals surface area (Å²) in [5, 5.41) is 2.94. The predicted octanol–water partition coefficient (Wildman–Crippen LogP) is 2.01. The Morgan fingerprint density at radius 3 is 2.39 bits per heavy atom. The number of para-hydroxylation sites is 1. The largest absolute Gasteiger partial charge is 0.347 e. The Kier molecular flexibility index (Phi) is 2.89. The van der Waals surface area contributed by atoms with Gasteiger partial charge in [-0.15, -0.1) is 0 Å². The van der Waals surface area contributed by atoms with E-state index in [0.717, 1.165) is 11.3 Å². The van der Waals surface area contributed by atoms with Crippen LogP contribution in [0.4, 0.5) is 5.69 Å². The first-order valence-corrected chi connectivity index (χ1v) is 6.02. The van der Waals surface area contributed by atoms with E-state index in [1.165, 1.54) is 6.92 Å². The van der Waals surface area contributed by atoms with Crippen molar-refractivity contribution in [2.75, 3.05) is 4.90 Å². The van der Waals surface area contributed by atoms with Gasteiger partial charge in [0.15, 0.2) is 0 Å². The Bertz CT molecular complexity index is 508. The van der Waals surface area contributed by atoms with Gasteiger partial charge in [-0.3, -0.25) is 9.59 Å². The van der Waals surface area contributed by atoms with Crippen LogP contribution in [0.3, 0.4) is 0 Å². The van der Waals surface area contributed by atoms with E-state index in [9.17, 15) is 9.59 Å². The van der Waals surface area contributed by atoms with Gasteiger partial charge in [-0.25, -0.2) is 0 Å². The highest BCUT2D eigenvalue weighted by Gasteiger charge is 2.46. The third kappa shape index (κ3) is 1.78. The average molecular weight is 246 g/mol. The number of fused-ring (bicyclic) bond motifs is 1. The molecule has 1 N–H and O–H groups in total. The Hall–Kier alpha value is -1.84. The molecule has 1 unspecified atom stereocenters. The third-order valence-corrected chi connectivity index (χ3v) is 3.43. The monoisotopic (exact) mass is 246 g/mol. The van der Waals surface area contributed by atoms with Gasteiger partial charge in [-0.1, -0.05) is 18.2 Å². The highest BCUT2D eigenvalue weighted by molar-refractivity contribution is 5.96. The summed E-state index contributed by atoms with van der Waals surface area (Å²) in [4.78, 5) is 25.0. The molecule has 0 aromatic heterocycles. The molecule has 4 nitrogen and oxygen atoms in total. The van der Waals surface area contributed by atoms with Gasteiger partial charge in [0.25, 0.3) is 0 Å². The van der Waals surface area contributed by atoms with Crippen molar-refractivity contribution in [3.63, 3.8) is 0 Å². The molecule has 2 rings (SSSR count). The van der Waals surface area contributed by atoms with Crippen LogP contribution in [-0.2, 0) is 9.59 Å². The molecule has 4 heteroatoms. The summed E-state index contributed by atoms with van der Waals surface area (Å²) in [6, 6.07) is 7.53. The van der Waals surface area contributed by atoms with E-state index < -0.39 is 5.54 Å². The normalized spacial score (nSPS) is 20.4. The van der Waals surface area contributed by atoms with E-state index >= 15 is 0 Å². The molecule has 96 valence electrons. The molecule has 1 aromatic carbocycles. The summed E-state index contributed by atoms with van der Waals surface area (Å²) in [7, 11) is 0. The lowest BCUT2D eigenvalue weighted by Gasteiger charge is -2.35. The predicted molar refractivity (Wildman–Crippen MR) is 70.2 cm³/mol. The van der Waals surface area contributed by atoms with Crippen LogP contribution >= 0.6 is 0 Å². The molecular formula is C14H18N2O2. The van der Waals surface area contributed by atoms with Crippen molar-refractivity contribution in [3.8, 4) is 0 Å². The minimum atomic E-state index is -0.457. The van der Waals surface area contributed by atoms with E-state index in [2.05, 4.69) is 5.32 Å². The fourth-order valence-corrected chi connectivity index (χ4v) is 2.79. The van der Waals surface area contributed by atoms with Crippen molar-refractivity contribution in [3.05, 3.63) is 29.8 Å². The van der Waals surface area contributed by atoms with Crippen LogP contribution in [0.1, 0.15) is 39.3 Å². The lowest BCUT2D eigenvalue weighted by molar-refractivity contribution is -0.121. The highest BCUT2D eigenvalue weighted by Crippen LogP contribution is 2.45. The van der Waals surface area contributed by atoms with Crippen molar-refractivity contribution >= 4 is 17.5 Å². The number of nitrogens with one attached hydrogen (secondary N) is 1. The van der Waals surface area contributed by atoms with Crippen LogP contribution in [0.2, 0.25) is 0 Å². The second-order valence-electron chi connectivity index (χ2n) is 5.20. The molecule has 1 atom stereocenters. The molecule has 2 amide bonds. The quantitative estimate of drug-likeness (QED) is 0.824. The van der Waals surface area contributed by atoms with Crippen LogP contribution in [0.15, 0.2) is 24.3 Å². The number of amides is 2. The Labute approximate surface area is 107 Å². The average Bonchev–Trinajstić information content (AvgIpc) is 2.46. The number of hydrogen-bond acceptors (Lipinski definition) is 2. The molecule has 18 heavy (non-hydrogen) atoms. The van der Waals surface area contributed by atoms with E-state index in [0.29, 0.717) is 0 Å². The van der Waals surface area contributed by atoms with Crippen molar-refractivity contribution in [1.29, 1.82) is 0 Å².